The van der Waals surface area contributed by atoms with Crippen LogP contribution in [0.4, 0.5) is 4.79 Å². The second-order valence-electron chi connectivity index (χ2n) is 2.86. The van der Waals surface area contributed by atoms with E-state index in [0.29, 0.717) is 13.2 Å². The second kappa shape index (κ2) is 5.79. The first-order valence-electron chi connectivity index (χ1n) is 4.54. The molecule has 0 saturated carbocycles. The first-order chi connectivity index (χ1) is 7.20. The van der Waals surface area contributed by atoms with Crippen LogP contribution in [-0.2, 0) is 9.53 Å². The maximum Gasteiger partial charge on any atom is 0.323 e. The topological polar surface area (TPSA) is 71.0 Å². The van der Waals surface area contributed by atoms with Gasteiger partial charge in [0, 0.05) is 19.3 Å². The third-order valence-corrected chi connectivity index (χ3v) is 1.64. The number of amides is 2. The maximum atomic E-state index is 11.4. The normalized spacial score (nSPS) is 13.8. The molecule has 0 saturated heterocycles. The van der Waals surface area contributed by atoms with Crippen LogP contribution in [-0.4, -0.2) is 42.9 Å². The summed E-state index contributed by atoms with van der Waals surface area (Å²) in [5.74, 6) is -0.355. The first-order valence-corrected chi connectivity index (χ1v) is 4.54. The van der Waals surface area contributed by atoms with Crippen LogP contribution in [0.3, 0.4) is 0 Å². The molecule has 1 N–H and O–H groups in total. The largest absolute Gasteiger partial charge is 0.464 e. The highest BCUT2D eigenvalue weighted by Crippen LogP contribution is 1.95. The van der Waals surface area contributed by atoms with Gasteiger partial charge in [-0.25, -0.2) is 4.79 Å². The third kappa shape index (κ3) is 4.26. The molecule has 1 aliphatic heterocycles. The summed E-state index contributed by atoms with van der Waals surface area (Å²) in [6.07, 6.45) is 4.94. The van der Waals surface area contributed by atoms with E-state index in [-0.39, 0.29) is 18.6 Å². The number of urea groups is 1. The summed E-state index contributed by atoms with van der Waals surface area (Å²) in [4.78, 5) is 27.1. The van der Waals surface area contributed by atoms with Gasteiger partial charge in [-0.05, 0) is 6.08 Å². The van der Waals surface area contributed by atoms with Crippen molar-refractivity contribution in [1.82, 2.24) is 10.2 Å². The van der Waals surface area contributed by atoms with Crippen molar-refractivity contribution in [3.05, 3.63) is 12.3 Å². The molecule has 1 aliphatic rings. The molecule has 0 radical (unpaired) electrons. The van der Waals surface area contributed by atoms with Crippen LogP contribution >= 0.6 is 0 Å². The van der Waals surface area contributed by atoms with Crippen molar-refractivity contribution in [2.75, 3.05) is 19.8 Å². The summed E-state index contributed by atoms with van der Waals surface area (Å²) in [7, 11) is 0. The van der Waals surface area contributed by atoms with Crippen molar-refractivity contribution >= 4 is 18.2 Å². The van der Waals surface area contributed by atoms with Gasteiger partial charge in [-0.1, -0.05) is 0 Å². The molecule has 0 atom stereocenters. The minimum absolute atomic E-state index is 0.182. The highest BCUT2D eigenvalue weighted by molar-refractivity contribution is 5.79. The fraction of sp³-hybridized carbons (Fsp3) is 0.444. The van der Waals surface area contributed by atoms with Gasteiger partial charge in [0.25, 0.3) is 0 Å². The number of carbonyl (C=O) groups is 2. The molecule has 0 aromatic carbocycles. The Kier molecular flexibility index (Phi) is 4.33. The van der Waals surface area contributed by atoms with Gasteiger partial charge >= 0.3 is 12.0 Å². The van der Waals surface area contributed by atoms with E-state index in [4.69, 9.17) is 0 Å². The van der Waals surface area contributed by atoms with Crippen LogP contribution in [0.2, 0.25) is 0 Å². The van der Waals surface area contributed by atoms with Gasteiger partial charge in [0.05, 0.1) is 6.54 Å². The van der Waals surface area contributed by atoms with E-state index in [1.807, 2.05) is 0 Å². The predicted molar refractivity (Wildman–Crippen MR) is 54.4 cm³/mol. The smallest absolute Gasteiger partial charge is 0.323 e. The molecular formula is C9H13N3O3. The fourth-order valence-corrected chi connectivity index (χ4v) is 0.972. The lowest BCUT2D eigenvalue weighted by atomic mass is 10.5. The molecule has 82 valence electrons. The number of esters is 1. The molecule has 0 aromatic rings. The quantitative estimate of drug-likeness (QED) is 0.532. The Morgan fingerprint density at radius 3 is 3.00 bits per heavy atom. The highest BCUT2D eigenvalue weighted by Gasteiger charge is 2.09. The number of ether oxygens (including phenoxy) is 1. The lowest BCUT2D eigenvalue weighted by Crippen LogP contribution is -2.39. The van der Waals surface area contributed by atoms with Crippen molar-refractivity contribution in [3.8, 4) is 0 Å². The molecule has 6 nitrogen and oxygen atoms in total. The zero-order valence-corrected chi connectivity index (χ0v) is 8.47. The lowest BCUT2D eigenvalue weighted by molar-refractivity contribution is -0.140. The SMILES string of the molecule is CC(=O)OCCNC(=O)N1C=CC=NC1. The number of nitrogens with one attached hydrogen (secondary N) is 1. The van der Waals surface area contributed by atoms with Crippen LogP contribution in [0.5, 0.6) is 0 Å². The molecule has 0 bridgehead atoms. The van der Waals surface area contributed by atoms with E-state index < -0.39 is 0 Å². The molecule has 0 unspecified atom stereocenters. The van der Waals surface area contributed by atoms with Crippen molar-refractivity contribution in [1.29, 1.82) is 0 Å². The molecule has 0 aliphatic carbocycles. The Bertz CT molecular complexity index is 299. The second-order valence-corrected chi connectivity index (χ2v) is 2.86. The van der Waals surface area contributed by atoms with E-state index >= 15 is 0 Å². The number of carbonyl (C=O) groups excluding carboxylic acids is 2. The van der Waals surface area contributed by atoms with E-state index in [9.17, 15) is 9.59 Å². The number of allylic oxidation sites excluding steroid dienone is 1. The third-order valence-electron chi connectivity index (χ3n) is 1.64. The molecule has 0 aromatic heterocycles. The summed E-state index contributed by atoms with van der Waals surface area (Å²) in [6.45, 7) is 2.12. The van der Waals surface area contributed by atoms with Crippen LogP contribution in [0.25, 0.3) is 0 Å². The van der Waals surface area contributed by atoms with E-state index in [1.54, 1.807) is 18.5 Å². The average Bonchev–Trinajstić information content (AvgIpc) is 2.25. The standard InChI is InChI=1S/C9H13N3O3/c1-8(13)15-6-4-11-9(14)12-5-2-3-10-7-12/h2-3,5H,4,6-7H2,1H3,(H,11,14). The summed E-state index contributed by atoms with van der Waals surface area (Å²) in [5, 5.41) is 2.59. The van der Waals surface area contributed by atoms with Crippen LogP contribution < -0.4 is 5.32 Å². The van der Waals surface area contributed by atoms with Gasteiger partial charge in [-0.2, -0.15) is 0 Å². The summed E-state index contributed by atoms with van der Waals surface area (Å²) in [5.41, 5.74) is 0. The summed E-state index contributed by atoms with van der Waals surface area (Å²) >= 11 is 0. The monoisotopic (exact) mass is 211 g/mol. The van der Waals surface area contributed by atoms with Crippen molar-refractivity contribution in [3.63, 3.8) is 0 Å². The zero-order valence-electron chi connectivity index (χ0n) is 8.47. The lowest BCUT2D eigenvalue weighted by Gasteiger charge is -2.18. The van der Waals surface area contributed by atoms with E-state index in [0.717, 1.165) is 0 Å². The van der Waals surface area contributed by atoms with Gasteiger partial charge in [-0.3, -0.25) is 14.7 Å². The Hall–Kier alpha value is -1.85. The van der Waals surface area contributed by atoms with Gasteiger partial charge in [0.1, 0.15) is 13.3 Å². The maximum absolute atomic E-state index is 11.4. The minimum Gasteiger partial charge on any atom is -0.464 e. The molecule has 15 heavy (non-hydrogen) atoms. The fourth-order valence-electron chi connectivity index (χ4n) is 0.972. The average molecular weight is 211 g/mol. The van der Waals surface area contributed by atoms with E-state index in [2.05, 4.69) is 15.0 Å². The number of hydrogen-bond donors (Lipinski definition) is 1. The van der Waals surface area contributed by atoms with Gasteiger partial charge in [-0.15, -0.1) is 0 Å². The Morgan fingerprint density at radius 1 is 1.60 bits per heavy atom. The van der Waals surface area contributed by atoms with Gasteiger partial charge < -0.3 is 10.1 Å². The number of hydrogen-bond acceptors (Lipinski definition) is 4. The zero-order chi connectivity index (χ0) is 11.1. The molecule has 0 spiro atoms. The van der Waals surface area contributed by atoms with Crippen molar-refractivity contribution < 1.29 is 14.3 Å². The van der Waals surface area contributed by atoms with Crippen molar-refractivity contribution in [2.45, 2.75) is 6.92 Å². The summed E-state index contributed by atoms with van der Waals surface area (Å²) < 4.78 is 4.66. The number of aliphatic imine (C=N–C) groups is 1. The molecule has 0 fully saturated rings. The minimum atomic E-state index is -0.355. The first kappa shape index (κ1) is 11.2. The molecular weight excluding hydrogens is 198 g/mol. The Morgan fingerprint density at radius 2 is 2.40 bits per heavy atom. The number of rotatable bonds is 3. The van der Waals surface area contributed by atoms with Crippen LogP contribution in [0.15, 0.2) is 17.3 Å². The van der Waals surface area contributed by atoms with Gasteiger partial charge in [0.15, 0.2) is 0 Å². The van der Waals surface area contributed by atoms with Crippen LogP contribution in [0, 0.1) is 0 Å². The molecule has 6 heteroatoms. The van der Waals surface area contributed by atoms with Gasteiger partial charge in [0.2, 0.25) is 0 Å². The Balaban J connectivity index is 2.16. The number of nitrogens with zero attached hydrogens (tertiary/aromatic N) is 2. The molecule has 1 rings (SSSR count). The summed E-state index contributed by atoms with van der Waals surface area (Å²) in [6, 6.07) is -0.254. The molecule has 2 amide bonds. The Labute approximate surface area is 87.6 Å². The van der Waals surface area contributed by atoms with Crippen LogP contribution in [0.1, 0.15) is 6.92 Å². The predicted octanol–water partition coefficient (Wildman–Crippen LogP) is 0.117. The van der Waals surface area contributed by atoms with Crippen molar-refractivity contribution in [2.24, 2.45) is 4.99 Å². The molecule has 1 heterocycles. The van der Waals surface area contributed by atoms with E-state index in [1.165, 1.54) is 11.8 Å². The highest BCUT2D eigenvalue weighted by atomic mass is 16.5.